The molecule has 2 atom stereocenters. The minimum absolute atomic E-state index is 0.162. The number of nitrogens with one attached hydrogen (secondary N) is 1. The zero-order valence-electron chi connectivity index (χ0n) is 9.76. The van der Waals surface area contributed by atoms with Crippen molar-refractivity contribution in [2.24, 2.45) is 5.73 Å². The smallest absolute Gasteiger partial charge is 0.127 e. The number of nitrogens with two attached hydrogens (primary N) is 1. The van der Waals surface area contributed by atoms with E-state index in [0.29, 0.717) is 18.2 Å². The SMILES string of the molecule is NC1CCCCC1NCc1cc(Br)ccc1F. The molecular weight excluding hydrogens is 283 g/mol. The lowest BCUT2D eigenvalue weighted by Gasteiger charge is -2.29. The molecule has 94 valence electrons. The molecule has 0 spiro atoms. The van der Waals surface area contributed by atoms with Crippen LogP contribution >= 0.6 is 15.9 Å². The van der Waals surface area contributed by atoms with E-state index in [4.69, 9.17) is 5.73 Å². The van der Waals surface area contributed by atoms with Crippen molar-refractivity contribution in [3.05, 3.63) is 34.1 Å². The van der Waals surface area contributed by atoms with E-state index < -0.39 is 0 Å². The van der Waals surface area contributed by atoms with Gasteiger partial charge in [0.25, 0.3) is 0 Å². The summed E-state index contributed by atoms with van der Waals surface area (Å²) >= 11 is 3.36. The largest absolute Gasteiger partial charge is 0.326 e. The van der Waals surface area contributed by atoms with Gasteiger partial charge in [0.2, 0.25) is 0 Å². The summed E-state index contributed by atoms with van der Waals surface area (Å²) in [5, 5.41) is 3.37. The van der Waals surface area contributed by atoms with Crippen LogP contribution in [0.3, 0.4) is 0 Å². The molecule has 0 radical (unpaired) electrons. The van der Waals surface area contributed by atoms with E-state index in [0.717, 1.165) is 17.3 Å². The summed E-state index contributed by atoms with van der Waals surface area (Å²) in [7, 11) is 0. The van der Waals surface area contributed by atoms with Crippen molar-refractivity contribution in [3.8, 4) is 0 Å². The Hall–Kier alpha value is -0.450. The second kappa shape index (κ2) is 5.94. The summed E-state index contributed by atoms with van der Waals surface area (Å²) in [5.41, 5.74) is 6.74. The van der Waals surface area contributed by atoms with Crippen molar-refractivity contribution in [2.75, 3.05) is 0 Å². The van der Waals surface area contributed by atoms with Gasteiger partial charge in [0.05, 0.1) is 0 Å². The van der Waals surface area contributed by atoms with Crippen molar-refractivity contribution < 1.29 is 4.39 Å². The van der Waals surface area contributed by atoms with Crippen LogP contribution in [0.4, 0.5) is 4.39 Å². The predicted molar refractivity (Wildman–Crippen MR) is 71.2 cm³/mol. The van der Waals surface area contributed by atoms with Gasteiger partial charge >= 0.3 is 0 Å². The third kappa shape index (κ3) is 3.50. The maximum Gasteiger partial charge on any atom is 0.127 e. The molecule has 0 amide bonds. The monoisotopic (exact) mass is 300 g/mol. The second-order valence-electron chi connectivity index (χ2n) is 4.67. The van der Waals surface area contributed by atoms with Crippen LogP contribution in [0, 0.1) is 5.82 Å². The third-order valence-electron chi connectivity index (χ3n) is 3.38. The van der Waals surface area contributed by atoms with E-state index in [2.05, 4.69) is 21.2 Å². The Labute approximate surface area is 110 Å². The van der Waals surface area contributed by atoms with Crippen LogP contribution in [0.15, 0.2) is 22.7 Å². The number of rotatable bonds is 3. The molecule has 1 aromatic rings. The van der Waals surface area contributed by atoms with Crippen LogP contribution in [0.1, 0.15) is 31.2 Å². The van der Waals surface area contributed by atoms with Crippen LogP contribution in [0.2, 0.25) is 0 Å². The first-order valence-corrected chi connectivity index (χ1v) is 6.89. The molecule has 17 heavy (non-hydrogen) atoms. The first-order chi connectivity index (χ1) is 8.16. The Bertz CT molecular complexity index is 384. The van der Waals surface area contributed by atoms with Gasteiger partial charge in [0.15, 0.2) is 0 Å². The van der Waals surface area contributed by atoms with Gasteiger partial charge in [-0.05, 0) is 31.0 Å². The Morgan fingerprint density at radius 3 is 2.88 bits per heavy atom. The van der Waals surface area contributed by atoms with Crippen molar-refractivity contribution >= 4 is 15.9 Å². The molecule has 2 rings (SSSR count). The third-order valence-corrected chi connectivity index (χ3v) is 3.88. The lowest BCUT2D eigenvalue weighted by molar-refractivity contribution is 0.325. The van der Waals surface area contributed by atoms with Gasteiger partial charge in [-0.3, -0.25) is 0 Å². The predicted octanol–water partition coefficient (Wildman–Crippen LogP) is 2.95. The Kier molecular flexibility index (Phi) is 4.54. The lowest BCUT2D eigenvalue weighted by atomic mass is 9.91. The van der Waals surface area contributed by atoms with Crippen LogP contribution in [-0.2, 0) is 6.54 Å². The highest BCUT2D eigenvalue weighted by Crippen LogP contribution is 2.19. The van der Waals surface area contributed by atoms with E-state index >= 15 is 0 Å². The standard InChI is InChI=1S/C13H18BrFN2/c14-10-5-6-11(15)9(7-10)8-17-13-4-2-1-3-12(13)16/h5-7,12-13,17H,1-4,8,16H2. The zero-order chi connectivity index (χ0) is 12.3. The van der Waals surface area contributed by atoms with Crippen LogP contribution in [0.25, 0.3) is 0 Å². The number of benzene rings is 1. The summed E-state index contributed by atoms with van der Waals surface area (Å²) in [5.74, 6) is -0.162. The maximum atomic E-state index is 13.5. The fourth-order valence-corrected chi connectivity index (χ4v) is 2.74. The minimum atomic E-state index is -0.162. The highest BCUT2D eigenvalue weighted by atomic mass is 79.9. The second-order valence-corrected chi connectivity index (χ2v) is 5.59. The maximum absolute atomic E-state index is 13.5. The van der Waals surface area contributed by atoms with Crippen LogP contribution < -0.4 is 11.1 Å². The summed E-state index contributed by atoms with van der Waals surface area (Å²) in [6.07, 6.45) is 4.59. The molecule has 1 aromatic carbocycles. The Morgan fingerprint density at radius 1 is 1.35 bits per heavy atom. The van der Waals surface area contributed by atoms with Gasteiger partial charge < -0.3 is 11.1 Å². The summed E-state index contributed by atoms with van der Waals surface area (Å²) in [6, 6.07) is 5.55. The normalized spacial score (nSPS) is 24.9. The highest BCUT2D eigenvalue weighted by Gasteiger charge is 2.21. The van der Waals surface area contributed by atoms with E-state index in [9.17, 15) is 4.39 Å². The molecule has 0 bridgehead atoms. The average Bonchev–Trinajstić information content (AvgIpc) is 2.32. The molecular formula is C13H18BrFN2. The molecule has 1 fully saturated rings. The lowest BCUT2D eigenvalue weighted by Crippen LogP contribution is -2.46. The Morgan fingerprint density at radius 2 is 2.12 bits per heavy atom. The Balaban J connectivity index is 1.94. The molecule has 1 aliphatic carbocycles. The molecule has 1 saturated carbocycles. The van der Waals surface area contributed by atoms with Crippen LogP contribution in [-0.4, -0.2) is 12.1 Å². The van der Waals surface area contributed by atoms with Crippen molar-refractivity contribution in [1.82, 2.24) is 5.32 Å². The van der Waals surface area contributed by atoms with E-state index in [1.807, 2.05) is 6.07 Å². The van der Waals surface area contributed by atoms with Crippen molar-refractivity contribution in [3.63, 3.8) is 0 Å². The van der Waals surface area contributed by atoms with Crippen molar-refractivity contribution in [1.29, 1.82) is 0 Å². The molecule has 1 aliphatic rings. The fraction of sp³-hybridized carbons (Fsp3) is 0.538. The fourth-order valence-electron chi connectivity index (χ4n) is 2.33. The molecule has 2 unspecified atom stereocenters. The highest BCUT2D eigenvalue weighted by molar-refractivity contribution is 9.10. The molecule has 4 heteroatoms. The van der Waals surface area contributed by atoms with Gasteiger partial charge in [-0.1, -0.05) is 28.8 Å². The van der Waals surface area contributed by atoms with Gasteiger partial charge in [-0.2, -0.15) is 0 Å². The average molecular weight is 301 g/mol. The van der Waals surface area contributed by atoms with E-state index in [1.165, 1.54) is 18.9 Å². The van der Waals surface area contributed by atoms with E-state index in [1.54, 1.807) is 6.07 Å². The zero-order valence-corrected chi connectivity index (χ0v) is 11.3. The topological polar surface area (TPSA) is 38.0 Å². The van der Waals surface area contributed by atoms with Gasteiger partial charge in [-0.25, -0.2) is 4.39 Å². The van der Waals surface area contributed by atoms with Crippen LogP contribution in [0.5, 0.6) is 0 Å². The van der Waals surface area contributed by atoms with Gasteiger partial charge in [-0.15, -0.1) is 0 Å². The summed E-state index contributed by atoms with van der Waals surface area (Å²) < 4.78 is 14.4. The summed E-state index contributed by atoms with van der Waals surface area (Å²) in [6.45, 7) is 0.545. The summed E-state index contributed by atoms with van der Waals surface area (Å²) in [4.78, 5) is 0. The van der Waals surface area contributed by atoms with E-state index in [-0.39, 0.29) is 11.9 Å². The molecule has 0 aromatic heterocycles. The number of hydrogen-bond donors (Lipinski definition) is 2. The quantitative estimate of drug-likeness (QED) is 0.901. The molecule has 0 aliphatic heterocycles. The minimum Gasteiger partial charge on any atom is -0.326 e. The van der Waals surface area contributed by atoms with Gasteiger partial charge in [0.1, 0.15) is 5.82 Å². The molecule has 2 nitrogen and oxygen atoms in total. The van der Waals surface area contributed by atoms with Gasteiger partial charge in [0, 0.05) is 28.7 Å². The molecule has 0 saturated heterocycles. The number of halogens is 2. The first kappa shape index (κ1) is 13.0. The van der Waals surface area contributed by atoms with Crippen molar-refractivity contribution in [2.45, 2.75) is 44.3 Å². The molecule has 0 heterocycles. The molecule has 3 N–H and O–H groups in total. The number of hydrogen-bond acceptors (Lipinski definition) is 2. The first-order valence-electron chi connectivity index (χ1n) is 6.09.